The molecule has 2 amide bonds. The van der Waals surface area contributed by atoms with Crippen molar-refractivity contribution in [3.63, 3.8) is 0 Å². The van der Waals surface area contributed by atoms with Gasteiger partial charge in [-0.05, 0) is 33.6 Å². The number of hydrogen-bond donors (Lipinski definition) is 2. The van der Waals surface area contributed by atoms with Crippen LogP contribution < -0.4 is 10.6 Å². The van der Waals surface area contributed by atoms with Gasteiger partial charge in [0.2, 0.25) is 5.91 Å². The third-order valence-electron chi connectivity index (χ3n) is 7.73. The lowest BCUT2D eigenvalue weighted by atomic mass is 10.1. The highest BCUT2D eigenvalue weighted by Gasteiger charge is 2.25. The van der Waals surface area contributed by atoms with Gasteiger partial charge in [0.1, 0.15) is 18.2 Å². The first kappa shape index (κ1) is 41.2. The molecule has 0 aromatic rings. The molecular weight excluding hydrogens is 540 g/mol. The normalized spacial score (nSPS) is 12.1. The second-order valence-corrected chi connectivity index (χ2v) is 13.3. The fourth-order valence-corrected chi connectivity index (χ4v) is 5.12. The lowest BCUT2D eigenvalue weighted by molar-refractivity contribution is -0.145. The molecule has 0 unspecified atom stereocenters. The summed E-state index contributed by atoms with van der Waals surface area (Å²) >= 11 is 0. The van der Waals surface area contributed by atoms with Gasteiger partial charge in [-0.25, -0.2) is 4.79 Å². The van der Waals surface area contributed by atoms with Gasteiger partial charge in [-0.3, -0.25) is 9.59 Å². The Balaban J connectivity index is 4.19. The Morgan fingerprint density at radius 1 is 0.581 bits per heavy atom. The largest absolute Gasteiger partial charge is 0.463 e. The molecule has 0 fully saturated rings. The Bertz CT molecular complexity index is 677. The van der Waals surface area contributed by atoms with Gasteiger partial charge in [-0.1, -0.05) is 149 Å². The van der Waals surface area contributed by atoms with Gasteiger partial charge in [0.15, 0.2) is 0 Å². The van der Waals surface area contributed by atoms with Crippen LogP contribution in [-0.2, 0) is 19.1 Å². The molecule has 7 nitrogen and oxygen atoms in total. The molecule has 43 heavy (non-hydrogen) atoms. The van der Waals surface area contributed by atoms with Crippen LogP contribution in [0.3, 0.4) is 0 Å². The number of rotatable bonds is 29. The molecule has 0 aromatic heterocycles. The maximum absolute atomic E-state index is 12.8. The summed E-state index contributed by atoms with van der Waals surface area (Å²) in [6, 6.07) is -0.978. The van der Waals surface area contributed by atoms with Crippen LogP contribution >= 0.6 is 0 Å². The van der Waals surface area contributed by atoms with Crippen molar-refractivity contribution >= 4 is 18.0 Å². The van der Waals surface area contributed by atoms with E-state index < -0.39 is 17.7 Å². The van der Waals surface area contributed by atoms with E-state index >= 15 is 0 Å². The molecular formula is C36H70N2O5. The first-order valence-corrected chi connectivity index (χ1v) is 18.1. The van der Waals surface area contributed by atoms with Gasteiger partial charge in [-0.2, -0.15) is 0 Å². The first-order valence-electron chi connectivity index (χ1n) is 18.1. The van der Waals surface area contributed by atoms with E-state index in [9.17, 15) is 14.4 Å². The average Bonchev–Trinajstić information content (AvgIpc) is 2.95. The minimum absolute atomic E-state index is 0.194. The van der Waals surface area contributed by atoms with Crippen molar-refractivity contribution in [2.24, 2.45) is 0 Å². The van der Waals surface area contributed by atoms with Crippen LogP contribution in [0.4, 0.5) is 4.79 Å². The Morgan fingerprint density at radius 2 is 0.977 bits per heavy atom. The molecule has 0 bridgehead atoms. The number of esters is 1. The fraction of sp³-hybridized carbons (Fsp3) is 0.917. The van der Waals surface area contributed by atoms with Crippen LogP contribution in [0.15, 0.2) is 0 Å². The molecule has 1 atom stereocenters. The lowest BCUT2D eigenvalue weighted by Gasteiger charge is -2.23. The highest BCUT2D eigenvalue weighted by Crippen LogP contribution is 2.13. The van der Waals surface area contributed by atoms with Gasteiger partial charge in [0.25, 0.3) is 0 Å². The molecule has 0 aliphatic rings. The van der Waals surface area contributed by atoms with E-state index in [4.69, 9.17) is 9.47 Å². The predicted molar refractivity (Wildman–Crippen MR) is 179 cm³/mol. The monoisotopic (exact) mass is 611 g/mol. The van der Waals surface area contributed by atoms with Gasteiger partial charge >= 0.3 is 12.1 Å². The SMILES string of the molecule is CCCCCCCCCCCCCCNC(=O)[C@H](COC(=O)CCCCCCCCCCCCC)NC(=O)OC(C)(C)C. The minimum atomic E-state index is -0.978. The number of hydrogen-bond acceptors (Lipinski definition) is 5. The topological polar surface area (TPSA) is 93.7 Å². The van der Waals surface area contributed by atoms with Gasteiger partial charge in [0, 0.05) is 13.0 Å². The summed E-state index contributed by atoms with van der Waals surface area (Å²) in [4.78, 5) is 37.5. The third kappa shape index (κ3) is 30.0. The third-order valence-corrected chi connectivity index (χ3v) is 7.73. The van der Waals surface area contributed by atoms with Crippen molar-refractivity contribution < 1.29 is 23.9 Å². The Morgan fingerprint density at radius 3 is 1.40 bits per heavy atom. The lowest BCUT2D eigenvalue weighted by Crippen LogP contribution is -2.51. The second-order valence-electron chi connectivity index (χ2n) is 13.3. The zero-order valence-corrected chi connectivity index (χ0v) is 29.0. The molecule has 254 valence electrons. The standard InChI is InChI=1S/C36H70N2O5/c1-6-8-10-12-14-16-18-20-22-24-26-28-30-37-34(40)32(38-35(41)43-36(3,4)5)31-42-33(39)29-27-25-23-21-19-17-15-13-11-9-7-2/h32H,6-31H2,1-5H3,(H,37,40)(H,38,41)/t32-/m0/s1. The average molecular weight is 611 g/mol. The zero-order valence-electron chi connectivity index (χ0n) is 29.0. The van der Waals surface area contributed by atoms with E-state index in [0.717, 1.165) is 32.1 Å². The zero-order chi connectivity index (χ0) is 32.0. The molecule has 0 saturated carbocycles. The van der Waals surface area contributed by atoms with Crippen molar-refractivity contribution in [1.82, 2.24) is 10.6 Å². The summed E-state index contributed by atoms with van der Waals surface area (Å²) in [7, 11) is 0. The van der Waals surface area contributed by atoms with E-state index in [0.29, 0.717) is 13.0 Å². The van der Waals surface area contributed by atoms with Crippen LogP contribution in [0.1, 0.15) is 189 Å². The molecule has 0 saturated heterocycles. The quantitative estimate of drug-likeness (QED) is 0.0649. The summed E-state index contributed by atoms with van der Waals surface area (Å²) in [5, 5.41) is 5.49. The summed E-state index contributed by atoms with van der Waals surface area (Å²) in [6.07, 6.45) is 28.1. The van der Waals surface area contributed by atoms with E-state index in [1.54, 1.807) is 20.8 Å². The van der Waals surface area contributed by atoms with E-state index in [1.807, 2.05) is 0 Å². The molecule has 0 spiro atoms. The highest BCUT2D eigenvalue weighted by molar-refractivity contribution is 5.86. The Labute approximate surface area is 265 Å². The molecule has 2 N–H and O–H groups in total. The molecule has 7 heteroatoms. The molecule has 0 rings (SSSR count). The van der Waals surface area contributed by atoms with E-state index in [1.165, 1.54) is 116 Å². The minimum Gasteiger partial charge on any atom is -0.463 e. The predicted octanol–water partition coefficient (Wildman–Crippen LogP) is 9.94. The molecule has 0 aliphatic carbocycles. The number of nitrogens with one attached hydrogen (secondary N) is 2. The Kier molecular flexibility index (Phi) is 27.7. The van der Waals surface area contributed by atoms with Crippen molar-refractivity contribution in [3.05, 3.63) is 0 Å². The van der Waals surface area contributed by atoms with Crippen LogP contribution in [0, 0.1) is 0 Å². The van der Waals surface area contributed by atoms with Gasteiger partial charge in [0.05, 0.1) is 0 Å². The molecule has 0 heterocycles. The van der Waals surface area contributed by atoms with Crippen molar-refractivity contribution in [2.75, 3.05) is 13.2 Å². The van der Waals surface area contributed by atoms with Crippen LogP contribution in [0.25, 0.3) is 0 Å². The molecule has 0 aliphatic heterocycles. The number of unbranched alkanes of at least 4 members (excludes halogenated alkanes) is 21. The van der Waals surface area contributed by atoms with Crippen LogP contribution in [-0.4, -0.2) is 42.8 Å². The summed E-state index contributed by atoms with van der Waals surface area (Å²) < 4.78 is 10.7. The van der Waals surface area contributed by atoms with Crippen molar-refractivity contribution in [2.45, 2.75) is 200 Å². The maximum Gasteiger partial charge on any atom is 0.408 e. The summed E-state index contributed by atoms with van der Waals surface area (Å²) in [5.74, 6) is -0.683. The maximum atomic E-state index is 12.8. The van der Waals surface area contributed by atoms with Crippen molar-refractivity contribution in [3.8, 4) is 0 Å². The number of amides is 2. The first-order chi connectivity index (χ1) is 20.7. The van der Waals surface area contributed by atoms with Gasteiger partial charge < -0.3 is 20.1 Å². The van der Waals surface area contributed by atoms with E-state index in [2.05, 4.69) is 24.5 Å². The second kappa shape index (κ2) is 29.0. The Hall–Kier alpha value is -1.79. The number of carbonyl (C=O) groups is 3. The number of alkyl carbamates (subject to hydrolysis) is 1. The van der Waals surface area contributed by atoms with Gasteiger partial charge in [-0.15, -0.1) is 0 Å². The van der Waals surface area contributed by atoms with E-state index in [-0.39, 0.29) is 18.5 Å². The summed E-state index contributed by atoms with van der Waals surface area (Å²) in [6.45, 7) is 10.1. The summed E-state index contributed by atoms with van der Waals surface area (Å²) in [5.41, 5.74) is -0.689. The fourth-order valence-electron chi connectivity index (χ4n) is 5.12. The number of ether oxygens (including phenoxy) is 2. The highest BCUT2D eigenvalue weighted by atomic mass is 16.6. The smallest absolute Gasteiger partial charge is 0.408 e. The molecule has 0 radical (unpaired) electrons. The van der Waals surface area contributed by atoms with Crippen LogP contribution in [0.5, 0.6) is 0 Å². The van der Waals surface area contributed by atoms with Crippen LogP contribution in [0.2, 0.25) is 0 Å². The van der Waals surface area contributed by atoms with Crippen molar-refractivity contribution in [1.29, 1.82) is 0 Å². The number of carbonyl (C=O) groups excluding carboxylic acids is 3. The molecule has 0 aromatic carbocycles.